The molecule has 2 aliphatic rings. The number of aromatic nitrogens is 3. The number of hydrogen-bond donors (Lipinski definition) is 2. The van der Waals surface area contributed by atoms with Gasteiger partial charge in [0.15, 0.2) is 0 Å². The molecule has 1 aliphatic carbocycles. The number of amides is 1. The number of carbonyl (C=O) groups is 2. The van der Waals surface area contributed by atoms with E-state index >= 15 is 0 Å². The summed E-state index contributed by atoms with van der Waals surface area (Å²) in [4.78, 5) is 40.0. The van der Waals surface area contributed by atoms with Crippen LogP contribution in [0.15, 0.2) is 36.5 Å². The van der Waals surface area contributed by atoms with Crippen molar-refractivity contribution >= 4 is 22.6 Å². The largest absolute Gasteiger partial charge is 0.480 e. The van der Waals surface area contributed by atoms with Gasteiger partial charge in [-0.25, -0.2) is 9.97 Å². The van der Waals surface area contributed by atoms with E-state index in [2.05, 4.69) is 33.3 Å². The Morgan fingerprint density at radius 1 is 1.21 bits per heavy atom. The number of carbonyl (C=O) groups excluding carboxylic acids is 2. The molecule has 0 bridgehead atoms. The van der Waals surface area contributed by atoms with Gasteiger partial charge in [-0.2, -0.15) is 0 Å². The maximum Gasteiger partial charge on any atom is 0.223 e. The number of fused-ring (bicyclic) bond motifs is 1. The molecule has 1 saturated carbocycles. The number of hydrogen-bond acceptors (Lipinski definition) is 6. The van der Waals surface area contributed by atoms with Crippen molar-refractivity contribution in [3.63, 3.8) is 0 Å². The number of nitrogens with zero attached hydrogens (tertiary/aromatic N) is 3. The summed E-state index contributed by atoms with van der Waals surface area (Å²) in [5.74, 6) is 2.15. The summed E-state index contributed by atoms with van der Waals surface area (Å²) in [5, 5.41) is 4.30. The van der Waals surface area contributed by atoms with Gasteiger partial charge in [-0.1, -0.05) is 38.0 Å². The first kappa shape index (κ1) is 27.3. The van der Waals surface area contributed by atoms with Crippen LogP contribution in [0.1, 0.15) is 76.6 Å². The molecule has 8 heteroatoms. The predicted octanol–water partition coefficient (Wildman–Crippen LogP) is 5.45. The van der Waals surface area contributed by atoms with E-state index in [0.29, 0.717) is 42.3 Å². The van der Waals surface area contributed by atoms with Gasteiger partial charge in [-0.05, 0) is 56.2 Å². The zero-order chi connectivity index (χ0) is 27.4. The maximum absolute atomic E-state index is 13.1. The van der Waals surface area contributed by atoms with Crippen LogP contribution in [0.3, 0.4) is 0 Å². The molecule has 1 aliphatic heterocycles. The molecule has 39 heavy (non-hydrogen) atoms. The summed E-state index contributed by atoms with van der Waals surface area (Å²) in [6.07, 6.45) is 9.42. The maximum atomic E-state index is 13.1. The Balaban J connectivity index is 1.27. The Labute approximate surface area is 230 Å². The summed E-state index contributed by atoms with van der Waals surface area (Å²) in [6, 6.07) is 9.79. The molecule has 1 amide bonds. The first-order chi connectivity index (χ1) is 18.9. The van der Waals surface area contributed by atoms with Gasteiger partial charge in [-0.3, -0.25) is 9.59 Å². The molecule has 5 rings (SSSR count). The van der Waals surface area contributed by atoms with Gasteiger partial charge in [0.25, 0.3) is 0 Å². The minimum atomic E-state index is -0.212. The van der Waals surface area contributed by atoms with Crippen LogP contribution in [0.5, 0.6) is 5.88 Å². The number of nitrogens with one attached hydrogen (secondary N) is 2. The highest BCUT2D eigenvalue weighted by Crippen LogP contribution is 2.52. The second-order valence-electron chi connectivity index (χ2n) is 11.7. The van der Waals surface area contributed by atoms with E-state index in [4.69, 9.17) is 9.72 Å². The molecule has 3 aromatic rings. The van der Waals surface area contributed by atoms with Gasteiger partial charge >= 0.3 is 0 Å². The SMILES string of the molecule is CCC(=O)CCCCC[C@H](NC(=O)CC1CC2(C1)CN(C)C2)c1ncc(-c2cc3ccccc3nc2OC)[nH]1. The molecule has 1 aromatic carbocycles. The Kier molecular flexibility index (Phi) is 8.31. The number of imidazole rings is 1. The number of H-pyrrole nitrogens is 1. The molecule has 1 atom stereocenters. The van der Waals surface area contributed by atoms with Gasteiger partial charge in [0.05, 0.1) is 36.1 Å². The summed E-state index contributed by atoms with van der Waals surface area (Å²) >= 11 is 0. The molecule has 0 unspecified atom stereocenters. The lowest BCUT2D eigenvalue weighted by molar-refractivity contribution is -0.129. The van der Waals surface area contributed by atoms with E-state index in [9.17, 15) is 9.59 Å². The molecule has 208 valence electrons. The van der Waals surface area contributed by atoms with Gasteiger partial charge < -0.3 is 19.9 Å². The quantitative estimate of drug-likeness (QED) is 0.285. The van der Waals surface area contributed by atoms with Crippen molar-refractivity contribution in [1.82, 2.24) is 25.2 Å². The topological polar surface area (TPSA) is 100 Å². The van der Waals surface area contributed by atoms with Crippen molar-refractivity contribution in [3.8, 4) is 17.1 Å². The zero-order valence-electron chi connectivity index (χ0n) is 23.5. The van der Waals surface area contributed by atoms with Crippen LogP contribution in [0.2, 0.25) is 0 Å². The molecule has 0 radical (unpaired) electrons. The van der Waals surface area contributed by atoms with E-state index < -0.39 is 0 Å². The number of unbranched alkanes of at least 4 members (excludes halogenated alkanes) is 2. The lowest BCUT2D eigenvalue weighted by Gasteiger charge is -2.58. The summed E-state index contributed by atoms with van der Waals surface area (Å²) in [5.41, 5.74) is 2.99. The second-order valence-corrected chi connectivity index (χ2v) is 11.7. The third-order valence-electron chi connectivity index (χ3n) is 8.40. The van der Waals surface area contributed by atoms with Crippen LogP contribution in [-0.4, -0.2) is 58.8 Å². The van der Waals surface area contributed by atoms with E-state index in [1.807, 2.05) is 31.2 Å². The van der Waals surface area contributed by atoms with Crippen molar-refractivity contribution in [2.75, 3.05) is 27.2 Å². The van der Waals surface area contributed by atoms with Gasteiger partial charge in [-0.15, -0.1) is 0 Å². The van der Waals surface area contributed by atoms with E-state index in [1.54, 1.807) is 13.3 Å². The Morgan fingerprint density at radius 3 is 2.74 bits per heavy atom. The fourth-order valence-electron chi connectivity index (χ4n) is 6.58. The lowest BCUT2D eigenvalue weighted by Crippen LogP contribution is -2.61. The number of benzene rings is 1. The number of rotatable bonds is 13. The van der Waals surface area contributed by atoms with Crippen LogP contribution in [-0.2, 0) is 9.59 Å². The lowest BCUT2D eigenvalue weighted by atomic mass is 9.57. The first-order valence-electron chi connectivity index (χ1n) is 14.4. The number of Topliss-reactive ketones (excluding diaryl/α,β-unsaturated/α-hetero) is 1. The van der Waals surface area contributed by atoms with Crippen LogP contribution in [0.25, 0.3) is 22.2 Å². The monoisotopic (exact) mass is 531 g/mol. The Bertz CT molecular complexity index is 1300. The average Bonchev–Trinajstić information content (AvgIpc) is 3.39. The Morgan fingerprint density at radius 2 is 2.00 bits per heavy atom. The van der Waals surface area contributed by atoms with E-state index in [1.165, 1.54) is 0 Å². The van der Waals surface area contributed by atoms with Crippen LogP contribution in [0, 0.1) is 11.3 Å². The number of likely N-dealkylation sites (tertiary alicyclic amines) is 1. The molecule has 2 fully saturated rings. The number of pyridine rings is 1. The standard InChI is InChI=1S/C31H41N5O3/c1-4-23(37)11-6-5-7-13-26(33-28(38)14-21-16-31(17-21)19-36(2)20-31)29-32-18-27(34-29)24-15-22-10-8-9-12-25(22)35-30(24)39-3/h8-10,12,15,18,21,26H,4-7,11,13-14,16-17,19-20H2,1-3H3,(H,32,34)(H,33,38)/t26-/m0/s1. The molecule has 1 saturated heterocycles. The summed E-state index contributed by atoms with van der Waals surface area (Å²) in [7, 11) is 3.78. The van der Waals surface area contributed by atoms with Crippen LogP contribution >= 0.6 is 0 Å². The predicted molar refractivity (Wildman–Crippen MR) is 152 cm³/mol. The average molecular weight is 532 g/mol. The molecular weight excluding hydrogens is 490 g/mol. The smallest absolute Gasteiger partial charge is 0.223 e. The zero-order valence-corrected chi connectivity index (χ0v) is 23.5. The van der Waals surface area contributed by atoms with Crippen LogP contribution < -0.4 is 10.1 Å². The number of ketones is 1. The molecule has 2 aromatic heterocycles. The van der Waals surface area contributed by atoms with Crippen molar-refractivity contribution in [2.45, 2.75) is 70.8 Å². The minimum absolute atomic E-state index is 0.0941. The molecule has 1 spiro atoms. The van der Waals surface area contributed by atoms with Crippen LogP contribution in [0.4, 0.5) is 0 Å². The van der Waals surface area contributed by atoms with E-state index in [0.717, 1.165) is 79.6 Å². The first-order valence-corrected chi connectivity index (χ1v) is 14.4. The normalized spacial score (nSPS) is 17.5. The second kappa shape index (κ2) is 11.9. The number of para-hydroxylation sites is 1. The fourth-order valence-corrected chi connectivity index (χ4v) is 6.58. The van der Waals surface area contributed by atoms with Gasteiger partial charge in [0.2, 0.25) is 11.8 Å². The van der Waals surface area contributed by atoms with Gasteiger partial charge in [0.1, 0.15) is 11.6 Å². The van der Waals surface area contributed by atoms with E-state index in [-0.39, 0.29) is 11.9 Å². The van der Waals surface area contributed by atoms with Crippen molar-refractivity contribution < 1.29 is 14.3 Å². The highest BCUT2D eigenvalue weighted by atomic mass is 16.5. The number of ether oxygens (including phenoxy) is 1. The molecule has 8 nitrogen and oxygen atoms in total. The third-order valence-corrected chi connectivity index (χ3v) is 8.40. The molecule has 2 N–H and O–H groups in total. The summed E-state index contributed by atoms with van der Waals surface area (Å²) < 4.78 is 5.60. The van der Waals surface area contributed by atoms with Crippen molar-refractivity contribution in [1.29, 1.82) is 0 Å². The van der Waals surface area contributed by atoms with Gasteiger partial charge in [0, 0.05) is 37.7 Å². The molecular formula is C31H41N5O3. The third kappa shape index (κ3) is 6.32. The number of aromatic amines is 1. The molecule has 3 heterocycles. The Hall–Kier alpha value is -3.26. The van der Waals surface area contributed by atoms with Crippen molar-refractivity contribution in [3.05, 3.63) is 42.4 Å². The summed E-state index contributed by atoms with van der Waals surface area (Å²) in [6.45, 7) is 4.24. The highest BCUT2D eigenvalue weighted by Gasteiger charge is 2.51. The fraction of sp³-hybridized carbons (Fsp3) is 0.548. The van der Waals surface area contributed by atoms with Crippen molar-refractivity contribution in [2.24, 2.45) is 11.3 Å². The highest BCUT2D eigenvalue weighted by molar-refractivity contribution is 5.85. The number of methoxy groups -OCH3 is 1. The minimum Gasteiger partial charge on any atom is -0.480 e.